The molecule has 0 aromatic carbocycles. The highest BCUT2D eigenvalue weighted by molar-refractivity contribution is 7.90. The molecule has 6 heteroatoms. The molecule has 5 nitrogen and oxygen atoms in total. The zero-order valence-corrected chi connectivity index (χ0v) is 11.3. The van der Waals surface area contributed by atoms with E-state index in [-0.39, 0.29) is 6.54 Å². The van der Waals surface area contributed by atoms with Crippen LogP contribution in [-0.4, -0.2) is 26.8 Å². The van der Waals surface area contributed by atoms with Crippen LogP contribution < -0.4 is 10.0 Å². The van der Waals surface area contributed by atoms with Gasteiger partial charge in [0.25, 0.3) is 0 Å². The summed E-state index contributed by atoms with van der Waals surface area (Å²) in [5.74, 6) is 1.40. The van der Waals surface area contributed by atoms with Gasteiger partial charge < -0.3 is 9.73 Å². The maximum absolute atomic E-state index is 11.8. The second-order valence-electron chi connectivity index (χ2n) is 4.00. The number of hydrogen-bond acceptors (Lipinski definition) is 4. The van der Waals surface area contributed by atoms with E-state index in [1.165, 1.54) is 0 Å². The molecule has 0 radical (unpaired) electrons. The van der Waals surface area contributed by atoms with Crippen LogP contribution in [0.1, 0.15) is 25.4 Å². The van der Waals surface area contributed by atoms with Crippen molar-refractivity contribution in [2.75, 3.05) is 13.1 Å². The van der Waals surface area contributed by atoms with Crippen LogP contribution in [0.3, 0.4) is 0 Å². The lowest BCUT2D eigenvalue weighted by Gasteiger charge is -2.13. The zero-order chi connectivity index (χ0) is 12.9. The molecular formula is C11H20N2O3S. The molecule has 0 saturated heterocycles. The number of hydrogen-bond donors (Lipinski definition) is 2. The second kappa shape index (κ2) is 6.18. The SMILES string of the molecule is CCNCC(C)S(=O)(=O)NCc1ccc(C)o1. The highest BCUT2D eigenvalue weighted by Gasteiger charge is 2.19. The first-order valence-electron chi connectivity index (χ1n) is 5.70. The van der Waals surface area contributed by atoms with Gasteiger partial charge in [-0.2, -0.15) is 0 Å². The Balaban J connectivity index is 2.49. The molecule has 1 unspecified atom stereocenters. The third-order valence-electron chi connectivity index (χ3n) is 2.46. The molecule has 17 heavy (non-hydrogen) atoms. The highest BCUT2D eigenvalue weighted by Crippen LogP contribution is 2.07. The standard InChI is InChI=1S/C11H20N2O3S/c1-4-12-7-10(3)17(14,15)13-8-11-6-5-9(2)16-11/h5-6,10,12-13H,4,7-8H2,1-3H3. The van der Waals surface area contributed by atoms with Crippen molar-refractivity contribution in [3.8, 4) is 0 Å². The van der Waals surface area contributed by atoms with Gasteiger partial charge >= 0.3 is 0 Å². The van der Waals surface area contributed by atoms with E-state index in [9.17, 15) is 8.42 Å². The topological polar surface area (TPSA) is 71.3 Å². The number of furan rings is 1. The normalized spacial score (nSPS) is 13.8. The predicted molar refractivity (Wildman–Crippen MR) is 67.2 cm³/mol. The third-order valence-corrected chi connectivity index (χ3v) is 4.23. The van der Waals surface area contributed by atoms with Gasteiger partial charge in [-0.3, -0.25) is 0 Å². The molecule has 1 aromatic rings. The molecule has 0 aliphatic carbocycles. The van der Waals surface area contributed by atoms with Gasteiger partial charge in [-0.25, -0.2) is 13.1 Å². The van der Waals surface area contributed by atoms with Crippen LogP contribution >= 0.6 is 0 Å². The Hall–Kier alpha value is -0.850. The Bertz CT molecular complexity index is 439. The van der Waals surface area contributed by atoms with E-state index in [1.807, 2.05) is 19.9 Å². The molecule has 0 amide bonds. The lowest BCUT2D eigenvalue weighted by Crippen LogP contribution is -2.38. The summed E-state index contributed by atoms with van der Waals surface area (Å²) in [6.45, 7) is 6.86. The molecule has 1 aromatic heterocycles. The molecular weight excluding hydrogens is 240 g/mol. The number of rotatable bonds is 7. The average molecular weight is 260 g/mol. The minimum atomic E-state index is -3.29. The van der Waals surface area contributed by atoms with Crippen molar-refractivity contribution in [2.45, 2.75) is 32.6 Å². The lowest BCUT2D eigenvalue weighted by atomic mass is 10.4. The zero-order valence-electron chi connectivity index (χ0n) is 10.5. The van der Waals surface area contributed by atoms with Crippen molar-refractivity contribution in [1.82, 2.24) is 10.0 Å². The fourth-order valence-corrected chi connectivity index (χ4v) is 2.32. The Morgan fingerprint density at radius 1 is 1.41 bits per heavy atom. The monoisotopic (exact) mass is 260 g/mol. The van der Waals surface area contributed by atoms with E-state index in [4.69, 9.17) is 4.42 Å². The number of nitrogens with one attached hydrogen (secondary N) is 2. The summed E-state index contributed by atoms with van der Waals surface area (Å²) in [5.41, 5.74) is 0. The van der Waals surface area contributed by atoms with E-state index in [1.54, 1.807) is 13.0 Å². The van der Waals surface area contributed by atoms with E-state index in [0.717, 1.165) is 12.3 Å². The minimum absolute atomic E-state index is 0.201. The molecule has 0 spiro atoms. The van der Waals surface area contributed by atoms with Crippen LogP contribution in [0, 0.1) is 6.92 Å². The predicted octanol–water partition coefficient (Wildman–Crippen LogP) is 1.01. The molecule has 2 N–H and O–H groups in total. The molecule has 0 aliphatic rings. The summed E-state index contributed by atoms with van der Waals surface area (Å²) in [5, 5.41) is 2.55. The van der Waals surface area contributed by atoms with E-state index in [2.05, 4.69) is 10.0 Å². The smallest absolute Gasteiger partial charge is 0.215 e. The van der Waals surface area contributed by atoms with Gasteiger partial charge in [0, 0.05) is 6.54 Å². The second-order valence-corrected chi connectivity index (χ2v) is 6.18. The molecule has 0 saturated carbocycles. The minimum Gasteiger partial charge on any atom is -0.465 e. The Morgan fingerprint density at radius 3 is 2.65 bits per heavy atom. The van der Waals surface area contributed by atoms with Gasteiger partial charge in [0.1, 0.15) is 11.5 Å². The quantitative estimate of drug-likeness (QED) is 0.767. The first kappa shape index (κ1) is 14.2. The van der Waals surface area contributed by atoms with Crippen LogP contribution in [0.15, 0.2) is 16.5 Å². The molecule has 0 fully saturated rings. The average Bonchev–Trinajstić information content (AvgIpc) is 2.69. The van der Waals surface area contributed by atoms with Gasteiger partial charge in [-0.15, -0.1) is 0 Å². The largest absolute Gasteiger partial charge is 0.465 e. The maximum Gasteiger partial charge on any atom is 0.215 e. The van der Waals surface area contributed by atoms with Gasteiger partial charge in [-0.1, -0.05) is 6.92 Å². The summed E-state index contributed by atoms with van der Waals surface area (Å²) in [6, 6.07) is 3.58. The van der Waals surface area contributed by atoms with Gasteiger partial charge in [0.15, 0.2) is 0 Å². The molecule has 0 bridgehead atoms. The summed E-state index contributed by atoms with van der Waals surface area (Å²) >= 11 is 0. The van der Waals surface area contributed by atoms with Crippen molar-refractivity contribution in [2.24, 2.45) is 0 Å². The highest BCUT2D eigenvalue weighted by atomic mass is 32.2. The summed E-state index contributed by atoms with van der Waals surface area (Å²) in [7, 11) is -3.29. The van der Waals surface area contributed by atoms with E-state index in [0.29, 0.717) is 12.3 Å². The number of sulfonamides is 1. The van der Waals surface area contributed by atoms with Crippen LogP contribution in [0.5, 0.6) is 0 Å². The van der Waals surface area contributed by atoms with Gasteiger partial charge in [-0.05, 0) is 32.5 Å². The molecule has 1 atom stereocenters. The first-order valence-corrected chi connectivity index (χ1v) is 7.25. The molecule has 98 valence electrons. The van der Waals surface area contributed by atoms with Gasteiger partial charge in [0.05, 0.1) is 11.8 Å². The van der Waals surface area contributed by atoms with Crippen molar-refractivity contribution >= 4 is 10.0 Å². The van der Waals surface area contributed by atoms with Crippen LogP contribution in [0.25, 0.3) is 0 Å². The Kier molecular flexibility index (Phi) is 5.17. The van der Waals surface area contributed by atoms with Crippen molar-refractivity contribution < 1.29 is 12.8 Å². The summed E-state index contributed by atoms with van der Waals surface area (Å²) in [4.78, 5) is 0. The molecule has 0 aliphatic heterocycles. The van der Waals surface area contributed by atoms with Crippen molar-refractivity contribution in [3.63, 3.8) is 0 Å². The van der Waals surface area contributed by atoms with Crippen LogP contribution in [0.4, 0.5) is 0 Å². The summed E-state index contributed by atoms with van der Waals surface area (Å²) < 4.78 is 31.5. The Labute approximate surface area is 103 Å². The third kappa shape index (κ3) is 4.49. The first-order chi connectivity index (χ1) is 7.95. The van der Waals surface area contributed by atoms with Crippen LogP contribution in [0.2, 0.25) is 0 Å². The maximum atomic E-state index is 11.8. The van der Waals surface area contributed by atoms with E-state index >= 15 is 0 Å². The number of aryl methyl sites for hydroxylation is 1. The summed E-state index contributed by atoms with van der Waals surface area (Å²) in [6.07, 6.45) is 0. The Morgan fingerprint density at radius 2 is 2.12 bits per heavy atom. The van der Waals surface area contributed by atoms with Crippen molar-refractivity contribution in [3.05, 3.63) is 23.7 Å². The molecule has 1 heterocycles. The van der Waals surface area contributed by atoms with E-state index < -0.39 is 15.3 Å². The van der Waals surface area contributed by atoms with Crippen LogP contribution in [-0.2, 0) is 16.6 Å². The van der Waals surface area contributed by atoms with Crippen molar-refractivity contribution in [1.29, 1.82) is 0 Å². The molecule has 1 rings (SSSR count). The fourth-order valence-electron chi connectivity index (χ4n) is 1.35. The van der Waals surface area contributed by atoms with Gasteiger partial charge in [0.2, 0.25) is 10.0 Å². The fraction of sp³-hybridized carbons (Fsp3) is 0.636. The lowest BCUT2D eigenvalue weighted by molar-refractivity contribution is 0.474.